The third-order valence-electron chi connectivity index (χ3n) is 8.51. The van der Waals surface area contributed by atoms with Gasteiger partial charge < -0.3 is 30.2 Å². The van der Waals surface area contributed by atoms with Crippen LogP contribution in [0.5, 0.6) is 5.75 Å². The van der Waals surface area contributed by atoms with Crippen molar-refractivity contribution >= 4 is 42.4 Å². The van der Waals surface area contributed by atoms with Crippen molar-refractivity contribution in [3.63, 3.8) is 0 Å². The Morgan fingerprint density at radius 2 is 1.78 bits per heavy atom. The van der Waals surface area contributed by atoms with Gasteiger partial charge >= 0.3 is 18.1 Å². The van der Waals surface area contributed by atoms with Gasteiger partial charge in [0.1, 0.15) is 24.2 Å². The van der Waals surface area contributed by atoms with Crippen LogP contribution in [0.1, 0.15) is 57.1 Å². The summed E-state index contributed by atoms with van der Waals surface area (Å²) in [5.41, 5.74) is -2.31. The highest BCUT2D eigenvalue weighted by Gasteiger charge is 2.48. The molecule has 2 aliphatic rings. The fourth-order valence-corrected chi connectivity index (χ4v) is 6.00. The van der Waals surface area contributed by atoms with Gasteiger partial charge in [-0.25, -0.2) is 9.59 Å². The summed E-state index contributed by atoms with van der Waals surface area (Å²) in [6.07, 6.45) is -1.52. The molecule has 0 radical (unpaired) electrons. The number of non-ortho nitro benzene ring substituents is 1. The largest absolute Gasteiger partial charge is 0.490 e. The van der Waals surface area contributed by atoms with Gasteiger partial charge in [-0.2, -0.15) is 13.2 Å². The number of nitro groups is 1. The molecule has 4 rings (SSSR count). The van der Waals surface area contributed by atoms with E-state index in [0.29, 0.717) is 11.7 Å². The second-order valence-corrected chi connectivity index (χ2v) is 12.5. The van der Waals surface area contributed by atoms with E-state index in [9.17, 15) is 32.9 Å². The Labute approximate surface area is 307 Å². The number of nitro benzene ring substituents is 1. The molecule has 2 aliphatic heterocycles. The van der Waals surface area contributed by atoms with Gasteiger partial charge in [-0.15, -0.1) is 24.8 Å². The summed E-state index contributed by atoms with van der Waals surface area (Å²) in [5.74, 6) is -2.90. The summed E-state index contributed by atoms with van der Waals surface area (Å²) in [5, 5.41) is 20.3. The molecule has 0 aromatic heterocycles. The van der Waals surface area contributed by atoms with Crippen LogP contribution in [0.15, 0.2) is 71.1 Å². The van der Waals surface area contributed by atoms with Crippen LogP contribution < -0.4 is 20.7 Å². The van der Waals surface area contributed by atoms with Crippen LogP contribution in [-0.2, 0) is 25.5 Å². The number of hydrogen-bond donors (Lipinski definition) is 3. The molecule has 1 saturated heterocycles. The number of rotatable bonds is 14. The summed E-state index contributed by atoms with van der Waals surface area (Å²) in [4.78, 5) is 37.7. The van der Waals surface area contributed by atoms with Crippen molar-refractivity contribution in [3.05, 3.63) is 92.3 Å². The molecule has 2 aromatic rings. The lowest BCUT2D eigenvalue weighted by molar-refractivity contribution is -0.384. The van der Waals surface area contributed by atoms with Gasteiger partial charge in [0.2, 0.25) is 0 Å². The molecule has 1 fully saturated rings. The molecule has 282 valence electrons. The molecule has 0 bridgehead atoms. The molecule has 3 N–H and O–H groups in total. The average molecular weight is 762 g/mol. The monoisotopic (exact) mass is 760 g/mol. The Balaban J connectivity index is 0.00000451. The van der Waals surface area contributed by atoms with E-state index in [1.165, 1.54) is 37.5 Å². The Morgan fingerprint density at radius 1 is 1.08 bits per heavy atom. The van der Waals surface area contributed by atoms with Crippen LogP contribution in [0.3, 0.4) is 0 Å². The van der Waals surface area contributed by atoms with Gasteiger partial charge in [0.05, 0.1) is 29.1 Å². The number of methoxy groups -OCH3 is 1. The minimum atomic E-state index is -5.06. The molecule has 0 spiro atoms. The van der Waals surface area contributed by atoms with E-state index in [-0.39, 0.29) is 60.8 Å². The number of ether oxygens (including phenoxy) is 3. The number of halogens is 5. The van der Waals surface area contributed by atoms with Gasteiger partial charge in [0.25, 0.3) is 5.69 Å². The van der Waals surface area contributed by atoms with E-state index < -0.39 is 52.0 Å². The maximum absolute atomic E-state index is 14.3. The van der Waals surface area contributed by atoms with Crippen LogP contribution in [0.4, 0.5) is 18.9 Å². The van der Waals surface area contributed by atoms with Gasteiger partial charge in [0, 0.05) is 30.4 Å². The number of carbonyl (C=O) groups excluding carboxylic acids is 2. The number of nitrogens with one attached hydrogen (secondary N) is 3. The predicted octanol–water partition coefficient (Wildman–Crippen LogP) is 6.31. The van der Waals surface area contributed by atoms with Crippen molar-refractivity contribution in [2.75, 3.05) is 33.4 Å². The maximum Gasteiger partial charge on any atom is 0.431 e. The predicted molar refractivity (Wildman–Crippen MR) is 190 cm³/mol. The quantitative estimate of drug-likeness (QED) is 0.114. The fraction of sp³-hybridized carbons (Fsp3) is 0.486. The number of aryl methyl sites for hydroxylation is 1. The second-order valence-electron chi connectivity index (χ2n) is 12.5. The van der Waals surface area contributed by atoms with E-state index in [1.54, 1.807) is 0 Å². The van der Waals surface area contributed by atoms with E-state index >= 15 is 0 Å². The number of piperidine rings is 1. The Bertz CT molecular complexity index is 1560. The number of carbonyl (C=O) groups is 2. The van der Waals surface area contributed by atoms with E-state index in [0.717, 1.165) is 45.2 Å². The summed E-state index contributed by atoms with van der Waals surface area (Å²) in [6, 6.07) is 12.4. The minimum absolute atomic E-state index is 0. The van der Waals surface area contributed by atoms with E-state index in [2.05, 4.69) is 16.0 Å². The molecule has 2 heterocycles. The first kappa shape index (κ1) is 43.3. The number of nitrogens with zero attached hydrogens (tertiary/aromatic N) is 1. The van der Waals surface area contributed by atoms with Crippen LogP contribution in [0.2, 0.25) is 0 Å². The van der Waals surface area contributed by atoms with Crippen LogP contribution >= 0.6 is 24.8 Å². The zero-order valence-electron chi connectivity index (χ0n) is 28.8. The molecule has 3 unspecified atom stereocenters. The minimum Gasteiger partial charge on any atom is -0.490 e. The summed E-state index contributed by atoms with van der Waals surface area (Å²) in [6.45, 7) is 7.19. The molecule has 2 aromatic carbocycles. The first-order valence-electron chi connectivity index (χ1n) is 16.3. The van der Waals surface area contributed by atoms with Gasteiger partial charge in [-0.05, 0) is 74.9 Å². The number of esters is 2. The molecule has 11 nitrogen and oxygen atoms in total. The van der Waals surface area contributed by atoms with Crippen molar-refractivity contribution in [1.29, 1.82) is 0 Å². The average Bonchev–Trinajstić information content (AvgIpc) is 3.08. The standard InChI is InChI=1S/C35H43F3N4O7.2ClH/c1-21(2)40-19-28(20-48-27-14-12-23(13-15-27)10-11-24-7-6-16-39-18-24)49-34(44)29-22(3)41-32(35(36,37)38)31(33(43)47-4)30(29)25-8-5-9-26(17-25)42(45)46;;/h5,8-9,12-15,17,21,24,28,30,39-41H,6-7,10-11,16,18-20H2,1-4H3;2*1H. The molecule has 0 aliphatic carbocycles. The molecular formula is C35H45Cl2F3N4O7. The lowest BCUT2D eigenvalue weighted by Gasteiger charge is -2.32. The molecular weight excluding hydrogens is 716 g/mol. The Morgan fingerprint density at radius 3 is 2.37 bits per heavy atom. The van der Waals surface area contributed by atoms with Crippen molar-refractivity contribution in [3.8, 4) is 5.75 Å². The molecule has 3 atom stereocenters. The highest BCUT2D eigenvalue weighted by atomic mass is 35.5. The smallest absolute Gasteiger partial charge is 0.431 e. The number of allylic oxidation sites excluding steroid dienone is 2. The van der Waals surface area contributed by atoms with Gasteiger partial charge in [-0.1, -0.05) is 38.1 Å². The highest BCUT2D eigenvalue weighted by molar-refractivity contribution is 6.00. The van der Waals surface area contributed by atoms with Crippen molar-refractivity contribution < 1.29 is 41.9 Å². The number of dihydropyridines is 1. The number of hydrogen-bond acceptors (Lipinski definition) is 10. The first-order valence-corrected chi connectivity index (χ1v) is 16.3. The maximum atomic E-state index is 14.3. The zero-order valence-corrected chi connectivity index (χ0v) is 30.5. The lowest BCUT2D eigenvalue weighted by Crippen LogP contribution is -2.41. The van der Waals surface area contributed by atoms with E-state index in [1.807, 2.05) is 38.1 Å². The molecule has 51 heavy (non-hydrogen) atoms. The van der Waals surface area contributed by atoms with Crippen LogP contribution in [0.25, 0.3) is 0 Å². The summed E-state index contributed by atoms with van der Waals surface area (Å²) in [7, 11) is 0.906. The third-order valence-corrected chi connectivity index (χ3v) is 8.51. The highest BCUT2D eigenvalue weighted by Crippen LogP contribution is 2.44. The summed E-state index contributed by atoms with van der Waals surface area (Å²) < 4.78 is 59.4. The Kier molecular flexibility index (Phi) is 16.7. The van der Waals surface area contributed by atoms with Gasteiger partial charge in [0.15, 0.2) is 0 Å². The number of alkyl halides is 3. The van der Waals surface area contributed by atoms with Crippen molar-refractivity contribution in [2.24, 2.45) is 5.92 Å². The SMILES string of the molecule is COC(=O)C1=C(C(F)(F)F)NC(C)=C(C(=O)OC(CNC(C)C)COc2ccc(CCC3CCCNC3)cc2)C1c1cccc([N+](=O)[O-])c1.Cl.Cl. The summed E-state index contributed by atoms with van der Waals surface area (Å²) >= 11 is 0. The van der Waals surface area contributed by atoms with E-state index in [4.69, 9.17) is 14.2 Å². The fourth-order valence-electron chi connectivity index (χ4n) is 6.00. The van der Waals surface area contributed by atoms with Crippen molar-refractivity contribution in [1.82, 2.24) is 16.0 Å². The molecule has 16 heteroatoms. The molecule has 0 saturated carbocycles. The topological polar surface area (TPSA) is 141 Å². The van der Waals surface area contributed by atoms with Gasteiger partial charge in [-0.3, -0.25) is 10.1 Å². The normalized spacial score (nSPS) is 18.2. The van der Waals surface area contributed by atoms with Crippen LogP contribution in [0, 0.1) is 16.0 Å². The zero-order chi connectivity index (χ0) is 35.7. The lowest BCUT2D eigenvalue weighted by atomic mass is 9.80. The third kappa shape index (κ3) is 11.8. The first-order chi connectivity index (χ1) is 23.3. The molecule has 0 amide bonds. The Hall–Kier alpha value is -3.85. The van der Waals surface area contributed by atoms with Crippen LogP contribution in [-0.4, -0.2) is 68.5 Å². The second kappa shape index (κ2) is 19.7. The number of benzene rings is 2. The van der Waals surface area contributed by atoms with Crippen molar-refractivity contribution in [2.45, 2.75) is 70.7 Å².